The van der Waals surface area contributed by atoms with Gasteiger partial charge in [0, 0.05) is 29.0 Å². The number of nitrogens with zero attached hydrogens (tertiary/aromatic N) is 4. The normalized spacial score (nSPS) is 13.0. The largest absolute Gasteiger partial charge is 0.279 e. The molecular formula is C28H21BrN4O3S2. The number of anilines is 2. The monoisotopic (exact) mass is 604 g/mol. The van der Waals surface area contributed by atoms with Gasteiger partial charge in [-0.1, -0.05) is 51.5 Å². The van der Waals surface area contributed by atoms with Crippen LogP contribution in [-0.2, 0) is 23.0 Å². The van der Waals surface area contributed by atoms with Crippen LogP contribution in [-0.4, -0.2) is 30.8 Å². The van der Waals surface area contributed by atoms with Gasteiger partial charge in [0.2, 0.25) is 0 Å². The molecule has 1 aliphatic heterocycles. The maximum Gasteiger partial charge on any atom is 0.264 e. The van der Waals surface area contributed by atoms with Crippen molar-refractivity contribution in [1.29, 1.82) is 0 Å². The number of rotatable bonds is 6. The van der Waals surface area contributed by atoms with Gasteiger partial charge in [-0.05, 0) is 72.1 Å². The maximum absolute atomic E-state index is 13.8. The van der Waals surface area contributed by atoms with Crippen LogP contribution in [0.1, 0.15) is 21.5 Å². The number of thiazole rings is 1. The van der Waals surface area contributed by atoms with Crippen LogP contribution in [0.3, 0.4) is 0 Å². The predicted molar refractivity (Wildman–Crippen MR) is 153 cm³/mol. The van der Waals surface area contributed by atoms with Crippen molar-refractivity contribution in [2.75, 3.05) is 15.7 Å². The fourth-order valence-electron chi connectivity index (χ4n) is 4.51. The lowest BCUT2D eigenvalue weighted by Crippen LogP contribution is -2.31. The van der Waals surface area contributed by atoms with Gasteiger partial charge >= 0.3 is 0 Å². The Hall–Kier alpha value is -3.60. The summed E-state index contributed by atoms with van der Waals surface area (Å²) in [5.41, 5.74) is 3.74. The topological polar surface area (TPSA) is 83.5 Å². The number of hydrogen-bond acceptors (Lipinski definition) is 6. The quantitative estimate of drug-likeness (QED) is 0.235. The van der Waals surface area contributed by atoms with Crippen molar-refractivity contribution in [3.05, 3.63) is 112 Å². The summed E-state index contributed by atoms with van der Waals surface area (Å²) in [4.78, 5) is 24.4. The summed E-state index contributed by atoms with van der Waals surface area (Å²) in [5.74, 6) is -0.276. The molecule has 2 aromatic heterocycles. The van der Waals surface area contributed by atoms with Crippen LogP contribution in [0, 0.1) is 0 Å². The van der Waals surface area contributed by atoms with Crippen LogP contribution in [0.2, 0.25) is 0 Å². The Balaban J connectivity index is 1.32. The fourth-order valence-corrected chi connectivity index (χ4v) is 7.53. The van der Waals surface area contributed by atoms with E-state index in [4.69, 9.17) is 4.98 Å². The lowest BCUT2D eigenvalue weighted by molar-refractivity contribution is 0.0985. The van der Waals surface area contributed by atoms with E-state index in [1.165, 1.54) is 27.8 Å². The molecule has 0 N–H and O–H groups in total. The van der Waals surface area contributed by atoms with E-state index in [0.717, 1.165) is 25.8 Å². The summed E-state index contributed by atoms with van der Waals surface area (Å²) in [6, 6.07) is 23.2. The highest BCUT2D eigenvalue weighted by Gasteiger charge is 2.31. The van der Waals surface area contributed by atoms with Crippen LogP contribution in [0.4, 0.5) is 10.8 Å². The van der Waals surface area contributed by atoms with Gasteiger partial charge in [-0.15, -0.1) is 0 Å². The number of para-hydroxylation sites is 1. The molecule has 7 nitrogen and oxygen atoms in total. The van der Waals surface area contributed by atoms with E-state index in [1.54, 1.807) is 29.4 Å². The molecule has 3 aromatic carbocycles. The molecule has 0 saturated heterocycles. The van der Waals surface area contributed by atoms with E-state index in [9.17, 15) is 13.2 Å². The van der Waals surface area contributed by atoms with Crippen LogP contribution in [0.5, 0.6) is 0 Å². The lowest BCUT2D eigenvalue weighted by atomic mass is 10.2. The first-order valence-electron chi connectivity index (χ1n) is 11.9. The molecule has 1 amide bonds. The number of carbonyl (C=O) groups excluding carboxylic acids is 1. The van der Waals surface area contributed by atoms with Crippen LogP contribution in [0.25, 0.3) is 10.2 Å². The molecule has 0 fully saturated rings. The van der Waals surface area contributed by atoms with E-state index < -0.39 is 10.0 Å². The third-order valence-electron chi connectivity index (χ3n) is 6.41. The van der Waals surface area contributed by atoms with Crippen molar-refractivity contribution in [1.82, 2.24) is 9.97 Å². The lowest BCUT2D eigenvalue weighted by Gasteiger charge is -2.21. The first-order chi connectivity index (χ1) is 18.4. The van der Waals surface area contributed by atoms with E-state index >= 15 is 0 Å². The van der Waals surface area contributed by atoms with Crippen molar-refractivity contribution in [3.63, 3.8) is 0 Å². The second kappa shape index (κ2) is 9.94. The van der Waals surface area contributed by atoms with E-state index in [0.29, 0.717) is 29.3 Å². The molecule has 0 spiro atoms. The minimum atomic E-state index is -3.75. The van der Waals surface area contributed by atoms with E-state index in [1.807, 2.05) is 54.6 Å². The summed E-state index contributed by atoms with van der Waals surface area (Å²) < 4.78 is 30.1. The number of aromatic nitrogens is 2. The van der Waals surface area contributed by atoms with Gasteiger partial charge < -0.3 is 0 Å². The summed E-state index contributed by atoms with van der Waals surface area (Å²) in [5, 5.41) is 0.553. The Morgan fingerprint density at radius 3 is 2.63 bits per heavy atom. The van der Waals surface area contributed by atoms with Crippen molar-refractivity contribution in [2.45, 2.75) is 17.9 Å². The molecule has 0 bridgehead atoms. The van der Waals surface area contributed by atoms with Gasteiger partial charge in [0.25, 0.3) is 15.9 Å². The van der Waals surface area contributed by atoms with Crippen LogP contribution in [0.15, 0.2) is 101 Å². The van der Waals surface area contributed by atoms with Crippen molar-refractivity contribution in [3.8, 4) is 0 Å². The Morgan fingerprint density at radius 2 is 1.84 bits per heavy atom. The van der Waals surface area contributed by atoms with Gasteiger partial charge in [0.15, 0.2) is 5.13 Å². The molecule has 190 valence electrons. The van der Waals surface area contributed by atoms with Crippen molar-refractivity contribution in [2.24, 2.45) is 0 Å². The molecule has 0 unspecified atom stereocenters. The summed E-state index contributed by atoms with van der Waals surface area (Å²) in [6.07, 6.45) is 4.07. The molecule has 0 atom stereocenters. The Bertz CT molecular complexity index is 1760. The highest BCUT2D eigenvalue weighted by atomic mass is 79.9. The average Bonchev–Trinajstić information content (AvgIpc) is 3.56. The Kier molecular flexibility index (Phi) is 6.46. The standard InChI is InChI=1S/C28H21BrN4O3S2/c29-22-9-12-24-26(16-22)37-28(31-24)32(18-19-4-3-14-30-17-19)27(34)21-7-10-23(11-8-21)38(35,36)33-15-13-20-5-1-2-6-25(20)33/h1-12,14,16-17H,13,15,18H2. The highest BCUT2D eigenvalue weighted by Crippen LogP contribution is 2.34. The number of fused-ring (bicyclic) bond motifs is 2. The minimum absolute atomic E-state index is 0.148. The third kappa shape index (κ3) is 4.59. The number of halogens is 1. The zero-order valence-electron chi connectivity index (χ0n) is 20.0. The van der Waals surface area contributed by atoms with Crippen molar-refractivity contribution >= 4 is 64.2 Å². The van der Waals surface area contributed by atoms with Gasteiger partial charge in [-0.2, -0.15) is 0 Å². The minimum Gasteiger partial charge on any atom is -0.279 e. The second-order valence-electron chi connectivity index (χ2n) is 8.84. The molecule has 0 aliphatic carbocycles. The molecule has 1 aliphatic rings. The highest BCUT2D eigenvalue weighted by molar-refractivity contribution is 9.10. The molecule has 0 saturated carbocycles. The zero-order valence-corrected chi connectivity index (χ0v) is 23.2. The van der Waals surface area contributed by atoms with E-state index in [2.05, 4.69) is 20.9 Å². The first kappa shape index (κ1) is 24.7. The zero-order chi connectivity index (χ0) is 26.3. The Morgan fingerprint density at radius 1 is 1.03 bits per heavy atom. The number of hydrogen-bond donors (Lipinski definition) is 0. The maximum atomic E-state index is 13.8. The van der Waals surface area contributed by atoms with Crippen molar-refractivity contribution < 1.29 is 13.2 Å². The first-order valence-corrected chi connectivity index (χ1v) is 14.9. The van der Waals surface area contributed by atoms with Crippen LogP contribution < -0.4 is 9.21 Å². The molecule has 0 radical (unpaired) electrons. The summed E-state index contributed by atoms with van der Waals surface area (Å²) >= 11 is 4.91. The Labute approximate surface area is 232 Å². The molecule has 38 heavy (non-hydrogen) atoms. The van der Waals surface area contributed by atoms with Gasteiger partial charge in [0.05, 0.1) is 27.3 Å². The summed E-state index contributed by atoms with van der Waals surface area (Å²) in [7, 11) is -3.75. The average molecular weight is 606 g/mol. The SMILES string of the molecule is O=C(c1ccc(S(=O)(=O)N2CCc3ccccc32)cc1)N(Cc1cccnc1)c1nc2ccc(Br)cc2s1. The fraction of sp³-hybridized carbons (Fsp3) is 0.107. The molecular weight excluding hydrogens is 584 g/mol. The smallest absolute Gasteiger partial charge is 0.264 e. The molecule has 5 aromatic rings. The number of carbonyl (C=O) groups is 1. The van der Waals surface area contributed by atoms with E-state index in [-0.39, 0.29) is 17.3 Å². The predicted octanol–water partition coefficient (Wildman–Crippen LogP) is 6.05. The number of pyridine rings is 1. The molecule has 10 heteroatoms. The van der Waals surface area contributed by atoms with Crippen LogP contribution >= 0.6 is 27.3 Å². The summed E-state index contributed by atoms with van der Waals surface area (Å²) in [6.45, 7) is 0.674. The third-order valence-corrected chi connectivity index (χ3v) is 9.77. The number of amides is 1. The van der Waals surface area contributed by atoms with Gasteiger partial charge in [-0.25, -0.2) is 13.4 Å². The number of benzene rings is 3. The number of sulfonamides is 1. The van der Waals surface area contributed by atoms with Gasteiger partial charge in [0.1, 0.15) is 0 Å². The molecule has 6 rings (SSSR count). The van der Waals surface area contributed by atoms with Gasteiger partial charge in [-0.3, -0.25) is 19.0 Å². The molecule has 3 heterocycles. The second-order valence-corrected chi connectivity index (χ2v) is 12.6.